The largest absolute Gasteiger partial charge is 0.494 e. The van der Waals surface area contributed by atoms with E-state index in [1.807, 2.05) is 0 Å². The second-order valence-corrected chi connectivity index (χ2v) is 8.01. The van der Waals surface area contributed by atoms with Gasteiger partial charge in [-0.25, -0.2) is 8.78 Å². The highest BCUT2D eigenvalue weighted by Gasteiger charge is 2.30. The Balaban J connectivity index is 1.53. The van der Waals surface area contributed by atoms with E-state index in [1.165, 1.54) is 12.1 Å². The molecule has 1 aliphatic carbocycles. The molecule has 4 rings (SSSR count). The van der Waals surface area contributed by atoms with Crippen LogP contribution in [-0.2, 0) is 0 Å². The van der Waals surface area contributed by atoms with Crippen molar-refractivity contribution in [3.8, 4) is 5.75 Å². The van der Waals surface area contributed by atoms with E-state index in [0.29, 0.717) is 45.0 Å². The zero-order chi connectivity index (χ0) is 19.7. The van der Waals surface area contributed by atoms with Crippen LogP contribution < -0.4 is 10.1 Å². The Labute approximate surface area is 170 Å². The Kier molecular flexibility index (Phi) is 5.60. The van der Waals surface area contributed by atoms with Gasteiger partial charge < -0.3 is 10.1 Å². The number of ketones is 1. The molecule has 0 atom stereocenters. The van der Waals surface area contributed by atoms with Crippen molar-refractivity contribution in [1.29, 1.82) is 0 Å². The molecule has 1 N–H and O–H groups in total. The van der Waals surface area contributed by atoms with Crippen LogP contribution in [-0.4, -0.2) is 25.5 Å². The number of carbonyl (C=O) groups is 1. The fourth-order valence-corrected chi connectivity index (χ4v) is 4.52. The zero-order valence-corrected chi connectivity index (χ0v) is 16.8. The predicted molar refractivity (Wildman–Crippen MR) is 108 cm³/mol. The minimum Gasteiger partial charge on any atom is -0.494 e. The van der Waals surface area contributed by atoms with E-state index >= 15 is 0 Å². The molecule has 0 unspecified atom stereocenters. The van der Waals surface area contributed by atoms with Gasteiger partial charge in [-0.2, -0.15) is 0 Å². The van der Waals surface area contributed by atoms with Gasteiger partial charge in [0.25, 0.3) is 0 Å². The van der Waals surface area contributed by atoms with E-state index in [4.69, 9.17) is 4.74 Å². The summed E-state index contributed by atoms with van der Waals surface area (Å²) in [5.74, 6) is -0.266. The third-order valence-corrected chi connectivity index (χ3v) is 6.09. The SMILES string of the molecule is O=C1C(Br)=C(c2cc(F)cc(F)c2)c2ccc(OCCC3CCNCC3)cc21. The molecule has 0 aromatic heterocycles. The predicted octanol–water partition coefficient (Wildman–Crippen LogP) is 5.08. The first-order valence-electron chi connectivity index (χ1n) is 9.42. The molecule has 1 aliphatic heterocycles. The summed E-state index contributed by atoms with van der Waals surface area (Å²) >= 11 is 3.30. The number of hydrogen-bond donors (Lipinski definition) is 1. The first-order chi connectivity index (χ1) is 13.5. The summed E-state index contributed by atoms with van der Waals surface area (Å²) in [6, 6.07) is 8.56. The number of hydrogen-bond acceptors (Lipinski definition) is 3. The lowest BCUT2D eigenvalue weighted by atomic mass is 9.95. The molecule has 2 aromatic rings. The van der Waals surface area contributed by atoms with Gasteiger partial charge in [0, 0.05) is 17.2 Å². The lowest BCUT2D eigenvalue weighted by Gasteiger charge is -2.22. The van der Waals surface area contributed by atoms with Crippen LogP contribution in [0, 0.1) is 17.6 Å². The van der Waals surface area contributed by atoms with E-state index in [2.05, 4.69) is 21.2 Å². The normalized spacial score (nSPS) is 17.2. The summed E-state index contributed by atoms with van der Waals surface area (Å²) in [6.07, 6.45) is 3.31. The van der Waals surface area contributed by atoms with Crippen LogP contribution in [0.2, 0.25) is 0 Å². The van der Waals surface area contributed by atoms with Crippen LogP contribution in [0.1, 0.15) is 40.7 Å². The van der Waals surface area contributed by atoms with Crippen molar-refractivity contribution in [3.63, 3.8) is 0 Å². The van der Waals surface area contributed by atoms with E-state index in [-0.39, 0.29) is 5.78 Å². The van der Waals surface area contributed by atoms with Crippen molar-refractivity contribution >= 4 is 27.3 Å². The minimum atomic E-state index is -0.679. The van der Waals surface area contributed by atoms with Gasteiger partial charge in [-0.05, 0) is 95.7 Å². The van der Waals surface area contributed by atoms with Crippen molar-refractivity contribution in [2.24, 2.45) is 5.92 Å². The summed E-state index contributed by atoms with van der Waals surface area (Å²) in [5.41, 5.74) is 1.95. The van der Waals surface area contributed by atoms with Crippen molar-refractivity contribution in [2.45, 2.75) is 19.3 Å². The molecule has 2 aromatic carbocycles. The van der Waals surface area contributed by atoms with E-state index in [9.17, 15) is 13.6 Å². The number of halogens is 3. The number of nitrogens with one attached hydrogen (secondary N) is 1. The van der Waals surface area contributed by atoms with Gasteiger partial charge in [0.2, 0.25) is 5.78 Å². The number of piperidine rings is 1. The van der Waals surface area contributed by atoms with Gasteiger partial charge in [0.1, 0.15) is 17.4 Å². The van der Waals surface area contributed by atoms with Crippen molar-refractivity contribution in [3.05, 3.63) is 69.2 Å². The fourth-order valence-electron chi connectivity index (χ4n) is 3.86. The molecule has 28 heavy (non-hydrogen) atoms. The Bertz CT molecular complexity index is 931. The number of fused-ring (bicyclic) bond motifs is 1. The molecule has 0 saturated carbocycles. The maximum atomic E-state index is 13.7. The van der Waals surface area contributed by atoms with E-state index in [1.54, 1.807) is 18.2 Å². The van der Waals surface area contributed by atoms with Crippen LogP contribution >= 0.6 is 15.9 Å². The Morgan fingerprint density at radius 2 is 1.75 bits per heavy atom. The van der Waals surface area contributed by atoms with Crippen LogP contribution in [0.25, 0.3) is 5.57 Å². The fraction of sp³-hybridized carbons (Fsp3) is 0.318. The summed E-state index contributed by atoms with van der Waals surface area (Å²) in [6.45, 7) is 2.72. The monoisotopic (exact) mass is 447 g/mol. The number of benzene rings is 2. The average molecular weight is 448 g/mol. The topological polar surface area (TPSA) is 38.3 Å². The molecule has 0 radical (unpaired) electrons. The third-order valence-electron chi connectivity index (χ3n) is 5.33. The van der Waals surface area contributed by atoms with Crippen molar-refractivity contribution in [1.82, 2.24) is 5.32 Å². The second kappa shape index (κ2) is 8.13. The minimum absolute atomic E-state index is 0.210. The van der Waals surface area contributed by atoms with Crippen LogP contribution in [0.5, 0.6) is 5.75 Å². The number of Topliss-reactive ketones (excluding diaryl/α,β-unsaturated/α-hetero) is 1. The third kappa shape index (κ3) is 3.89. The summed E-state index contributed by atoms with van der Waals surface area (Å²) in [4.78, 5) is 12.7. The molecule has 1 heterocycles. The highest BCUT2D eigenvalue weighted by Crippen LogP contribution is 2.41. The first kappa shape index (κ1) is 19.3. The molecular weight excluding hydrogens is 428 g/mol. The van der Waals surface area contributed by atoms with Crippen LogP contribution in [0.15, 0.2) is 40.9 Å². The van der Waals surface area contributed by atoms with Gasteiger partial charge in [0.05, 0.1) is 11.1 Å². The Morgan fingerprint density at radius 3 is 2.46 bits per heavy atom. The maximum absolute atomic E-state index is 13.7. The summed E-state index contributed by atoms with van der Waals surface area (Å²) in [7, 11) is 0. The molecule has 0 bridgehead atoms. The van der Waals surface area contributed by atoms with Gasteiger partial charge >= 0.3 is 0 Å². The molecule has 1 fully saturated rings. The Morgan fingerprint density at radius 1 is 1.04 bits per heavy atom. The zero-order valence-electron chi connectivity index (χ0n) is 15.2. The molecule has 1 saturated heterocycles. The maximum Gasteiger partial charge on any atom is 0.201 e. The van der Waals surface area contributed by atoms with Crippen LogP contribution in [0.3, 0.4) is 0 Å². The Hall–Kier alpha value is -2.05. The lowest BCUT2D eigenvalue weighted by Crippen LogP contribution is -2.28. The highest BCUT2D eigenvalue weighted by atomic mass is 79.9. The standard InChI is InChI=1S/C22H20BrF2NO2/c23-21-20(14-9-15(24)11-16(25)10-14)18-2-1-17(12-19(18)22(21)27)28-8-5-13-3-6-26-7-4-13/h1-2,9-13,26H,3-8H2. The van der Waals surface area contributed by atoms with Crippen molar-refractivity contribution in [2.75, 3.05) is 19.7 Å². The second-order valence-electron chi connectivity index (χ2n) is 7.21. The number of allylic oxidation sites excluding steroid dienone is 1. The molecule has 2 aliphatic rings. The number of rotatable bonds is 5. The molecule has 146 valence electrons. The molecular formula is C22H20BrF2NO2. The van der Waals surface area contributed by atoms with Gasteiger partial charge in [-0.3, -0.25) is 4.79 Å². The quantitative estimate of drug-likeness (QED) is 0.693. The molecule has 0 amide bonds. The van der Waals surface area contributed by atoms with E-state index < -0.39 is 11.6 Å². The highest BCUT2D eigenvalue weighted by molar-refractivity contribution is 9.12. The number of ether oxygens (including phenoxy) is 1. The summed E-state index contributed by atoms with van der Waals surface area (Å²) < 4.78 is 33.5. The first-order valence-corrected chi connectivity index (χ1v) is 10.2. The molecule has 0 spiro atoms. The molecule has 3 nitrogen and oxygen atoms in total. The van der Waals surface area contributed by atoms with Gasteiger partial charge in [-0.1, -0.05) is 0 Å². The van der Waals surface area contributed by atoms with Gasteiger partial charge in [0.15, 0.2) is 0 Å². The molecule has 6 heteroatoms. The summed E-state index contributed by atoms with van der Waals surface area (Å²) in [5, 5.41) is 3.35. The van der Waals surface area contributed by atoms with Crippen molar-refractivity contribution < 1.29 is 18.3 Å². The van der Waals surface area contributed by atoms with Crippen LogP contribution in [0.4, 0.5) is 8.78 Å². The lowest BCUT2D eigenvalue weighted by molar-refractivity contribution is 0.104. The number of carbonyl (C=O) groups excluding carboxylic acids is 1. The van der Waals surface area contributed by atoms with E-state index in [0.717, 1.165) is 38.4 Å². The smallest absolute Gasteiger partial charge is 0.201 e. The van der Waals surface area contributed by atoms with Gasteiger partial charge in [-0.15, -0.1) is 0 Å². The average Bonchev–Trinajstić information content (AvgIpc) is 2.92.